The second-order valence-corrected chi connectivity index (χ2v) is 10.5. The van der Waals surface area contributed by atoms with Gasteiger partial charge in [0.05, 0.1) is 11.4 Å². The topological polar surface area (TPSA) is 65.3 Å². The third kappa shape index (κ3) is 4.42. The van der Waals surface area contributed by atoms with Gasteiger partial charge in [0.2, 0.25) is 0 Å². The van der Waals surface area contributed by atoms with E-state index in [1.54, 1.807) is 0 Å². The van der Waals surface area contributed by atoms with Gasteiger partial charge in [0, 0.05) is 22.5 Å². The fourth-order valence-electron chi connectivity index (χ4n) is 2.54. The van der Waals surface area contributed by atoms with Gasteiger partial charge in [0.15, 0.2) is 10.5 Å². The Kier molecular flexibility index (Phi) is 6.30. The van der Waals surface area contributed by atoms with Gasteiger partial charge in [-0.15, -0.1) is 4.72 Å². The normalized spacial score (nSPS) is 14.7. The first-order chi connectivity index (χ1) is 11.6. The van der Waals surface area contributed by atoms with Gasteiger partial charge in [-0.2, -0.15) is 0 Å². The summed E-state index contributed by atoms with van der Waals surface area (Å²) in [5.41, 5.74) is 3.09. The Hall–Kier alpha value is -0.950. The van der Waals surface area contributed by atoms with Crippen LogP contribution in [0.25, 0.3) is 11.0 Å². The Morgan fingerprint density at radius 2 is 1.96 bits per heavy atom. The molecule has 2 atom stereocenters. The second kappa shape index (κ2) is 7.74. The summed E-state index contributed by atoms with van der Waals surface area (Å²) in [6.45, 7) is 13.5. The van der Waals surface area contributed by atoms with Gasteiger partial charge >= 0.3 is 0 Å². The Labute approximate surface area is 157 Å². The zero-order chi connectivity index (χ0) is 18.9. The highest BCUT2D eigenvalue weighted by molar-refractivity contribution is 7.99. The molecule has 0 aliphatic rings. The van der Waals surface area contributed by atoms with Crippen molar-refractivity contribution in [3.63, 3.8) is 0 Å². The van der Waals surface area contributed by atoms with E-state index in [4.69, 9.17) is 4.42 Å². The molecule has 0 aliphatic heterocycles. The number of benzene rings is 1. The van der Waals surface area contributed by atoms with Gasteiger partial charge in [-0.1, -0.05) is 24.8 Å². The van der Waals surface area contributed by atoms with Crippen molar-refractivity contribution in [1.29, 1.82) is 0 Å². The molecule has 1 aromatic carbocycles. The minimum absolute atomic E-state index is 0.00583. The van der Waals surface area contributed by atoms with E-state index < -0.39 is 11.4 Å². The summed E-state index contributed by atoms with van der Waals surface area (Å²) in [5, 5.41) is 1.25. The SMILES string of the molecule is CCSc1oc2c([C@@H](C)N[S+]([O-])C(C)(C)C)cc(C)cc2c(=O)c1C. The summed E-state index contributed by atoms with van der Waals surface area (Å²) < 4.78 is 21.4. The van der Waals surface area contributed by atoms with E-state index in [-0.39, 0.29) is 16.2 Å². The van der Waals surface area contributed by atoms with Crippen LogP contribution in [0.15, 0.2) is 26.4 Å². The van der Waals surface area contributed by atoms with Crippen LogP contribution in [0.1, 0.15) is 57.4 Å². The van der Waals surface area contributed by atoms with Gasteiger partial charge in [0.1, 0.15) is 10.3 Å². The molecule has 6 heteroatoms. The molecule has 2 rings (SSSR count). The lowest BCUT2D eigenvalue weighted by molar-refractivity contribution is 0.484. The van der Waals surface area contributed by atoms with Crippen LogP contribution < -0.4 is 10.2 Å². The number of fused-ring (bicyclic) bond motifs is 1. The van der Waals surface area contributed by atoms with Gasteiger partial charge in [-0.3, -0.25) is 4.79 Å². The van der Waals surface area contributed by atoms with Crippen molar-refractivity contribution in [3.8, 4) is 0 Å². The first-order valence-corrected chi connectivity index (χ1v) is 10.6. The number of thioether (sulfide) groups is 1. The number of aryl methyl sites for hydroxylation is 1. The van der Waals surface area contributed by atoms with E-state index >= 15 is 0 Å². The smallest absolute Gasteiger partial charge is 0.196 e. The average Bonchev–Trinajstić information content (AvgIpc) is 2.51. The van der Waals surface area contributed by atoms with Crippen LogP contribution >= 0.6 is 11.8 Å². The van der Waals surface area contributed by atoms with Crippen molar-refractivity contribution in [2.24, 2.45) is 0 Å². The Morgan fingerprint density at radius 3 is 2.52 bits per heavy atom. The minimum Gasteiger partial charge on any atom is -0.598 e. The van der Waals surface area contributed by atoms with Crippen LogP contribution in [0, 0.1) is 13.8 Å². The van der Waals surface area contributed by atoms with Crippen LogP contribution in [0.3, 0.4) is 0 Å². The predicted octanol–water partition coefficient (Wildman–Crippen LogP) is 4.63. The molecule has 0 radical (unpaired) electrons. The molecule has 1 aromatic heterocycles. The van der Waals surface area contributed by atoms with Crippen LogP contribution in [0.2, 0.25) is 0 Å². The van der Waals surface area contributed by atoms with Crippen molar-refractivity contribution in [1.82, 2.24) is 4.72 Å². The van der Waals surface area contributed by atoms with Crippen molar-refractivity contribution >= 4 is 34.1 Å². The molecular weight excluding hydrogens is 354 g/mol. The molecule has 25 heavy (non-hydrogen) atoms. The van der Waals surface area contributed by atoms with Gasteiger partial charge < -0.3 is 8.97 Å². The molecule has 4 nitrogen and oxygen atoms in total. The molecule has 0 bridgehead atoms. The maximum Gasteiger partial charge on any atom is 0.196 e. The maximum absolute atomic E-state index is 12.8. The van der Waals surface area contributed by atoms with Crippen LogP contribution in [0.4, 0.5) is 0 Å². The molecule has 0 saturated heterocycles. The van der Waals surface area contributed by atoms with E-state index in [9.17, 15) is 9.35 Å². The van der Waals surface area contributed by atoms with E-state index in [1.165, 1.54) is 11.8 Å². The van der Waals surface area contributed by atoms with Crippen molar-refractivity contribution in [2.75, 3.05) is 5.75 Å². The molecule has 1 unspecified atom stereocenters. The summed E-state index contributed by atoms with van der Waals surface area (Å²) in [7, 11) is 0. The lowest BCUT2D eigenvalue weighted by Crippen LogP contribution is -2.40. The molecule has 0 aliphatic carbocycles. The molecule has 1 heterocycles. The van der Waals surface area contributed by atoms with Crippen molar-refractivity contribution < 1.29 is 8.97 Å². The number of hydrogen-bond donors (Lipinski definition) is 1. The van der Waals surface area contributed by atoms with E-state index in [0.29, 0.717) is 21.6 Å². The lowest BCUT2D eigenvalue weighted by atomic mass is 10.0. The van der Waals surface area contributed by atoms with Crippen LogP contribution in [0.5, 0.6) is 0 Å². The van der Waals surface area contributed by atoms with E-state index in [2.05, 4.69) is 4.72 Å². The molecular formula is C19H27NO3S2. The summed E-state index contributed by atoms with van der Waals surface area (Å²) in [5.74, 6) is 0.832. The molecule has 0 saturated carbocycles. The summed E-state index contributed by atoms with van der Waals surface area (Å²) >= 11 is 0.316. The highest BCUT2D eigenvalue weighted by atomic mass is 32.2. The molecule has 0 spiro atoms. The number of hydrogen-bond acceptors (Lipinski definition) is 5. The standard InChI is InChI=1S/C19H27NO3S2/c1-8-24-18-12(3)16(21)15-10-11(2)9-14(17(15)23-18)13(4)20-25(22)19(5,6)7/h9-10,13,20H,8H2,1-7H3/t13-,25?/m1/s1. The highest BCUT2D eigenvalue weighted by Crippen LogP contribution is 2.31. The summed E-state index contributed by atoms with van der Waals surface area (Å²) in [6, 6.07) is 3.66. The molecule has 1 N–H and O–H groups in total. The first kappa shape index (κ1) is 20.4. The second-order valence-electron chi connectivity index (χ2n) is 7.23. The third-order valence-corrected chi connectivity index (χ3v) is 6.55. The molecule has 0 fully saturated rings. The monoisotopic (exact) mass is 381 g/mol. The highest BCUT2D eigenvalue weighted by Gasteiger charge is 2.29. The Bertz CT molecular complexity index is 824. The molecule has 138 valence electrons. The van der Waals surface area contributed by atoms with Gasteiger partial charge in [0.25, 0.3) is 0 Å². The first-order valence-electron chi connectivity index (χ1n) is 8.45. The fourth-order valence-corrected chi connectivity index (χ4v) is 4.05. The van der Waals surface area contributed by atoms with Gasteiger partial charge in [-0.25, -0.2) is 0 Å². The lowest BCUT2D eigenvalue weighted by Gasteiger charge is -2.27. The Morgan fingerprint density at radius 1 is 1.32 bits per heavy atom. The Balaban J connectivity index is 2.61. The minimum atomic E-state index is -1.21. The average molecular weight is 382 g/mol. The van der Waals surface area contributed by atoms with Crippen LogP contribution in [-0.2, 0) is 11.4 Å². The van der Waals surface area contributed by atoms with Gasteiger partial charge in [-0.05, 0) is 58.9 Å². The maximum atomic E-state index is 12.8. The molecule has 2 aromatic rings. The zero-order valence-electron chi connectivity index (χ0n) is 16.0. The quantitative estimate of drug-likeness (QED) is 0.604. The third-order valence-electron chi connectivity index (χ3n) is 3.93. The molecule has 0 amide bonds. The predicted molar refractivity (Wildman–Crippen MR) is 108 cm³/mol. The largest absolute Gasteiger partial charge is 0.598 e. The summed E-state index contributed by atoms with van der Waals surface area (Å²) in [4.78, 5) is 12.8. The number of nitrogens with one attached hydrogen (secondary N) is 1. The summed E-state index contributed by atoms with van der Waals surface area (Å²) in [6.07, 6.45) is 0. The number of rotatable bonds is 5. The van der Waals surface area contributed by atoms with Crippen molar-refractivity contribution in [2.45, 2.75) is 64.3 Å². The van der Waals surface area contributed by atoms with Crippen molar-refractivity contribution in [3.05, 3.63) is 39.0 Å². The fraction of sp³-hybridized carbons (Fsp3) is 0.526. The zero-order valence-corrected chi connectivity index (χ0v) is 17.6. The van der Waals surface area contributed by atoms with Crippen LogP contribution in [-0.4, -0.2) is 15.1 Å². The van der Waals surface area contributed by atoms with E-state index in [1.807, 2.05) is 60.6 Å². The van der Waals surface area contributed by atoms with E-state index in [0.717, 1.165) is 16.9 Å².